The van der Waals surface area contributed by atoms with Gasteiger partial charge in [-0.1, -0.05) is 11.8 Å². The highest BCUT2D eigenvalue weighted by molar-refractivity contribution is 7.99. The van der Waals surface area contributed by atoms with Gasteiger partial charge in [0.25, 0.3) is 0 Å². The van der Waals surface area contributed by atoms with Gasteiger partial charge < -0.3 is 14.4 Å². The molecule has 0 aromatic carbocycles. The maximum atomic E-state index is 11.6. The van der Waals surface area contributed by atoms with E-state index in [4.69, 9.17) is 9.84 Å². The maximum Gasteiger partial charge on any atom is 0.328 e. The molecule has 0 saturated carbocycles. The molecule has 1 heterocycles. The van der Waals surface area contributed by atoms with E-state index in [9.17, 15) is 9.59 Å². The van der Waals surface area contributed by atoms with Gasteiger partial charge in [-0.25, -0.2) is 9.78 Å². The topological polar surface area (TPSA) is 81.4 Å². The summed E-state index contributed by atoms with van der Waals surface area (Å²) in [4.78, 5) is 26.4. The highest BCUT2D eigenvalue weighted by atomic mass is 32.2. The number of carboxylic acid groups (broad SMARTS) is 1. The second-order valence-corrected chi connectivity index (χ2v) is 4.63. The minimum Gasteiger partial charge on any atom is -0.481 e. The molecule has 1 atom stereocenters. The first-order valence-electron chi connectivity index (χ1n) is 5.52. The van der Waals surface area contributed by atoms with Crippen LogP contribution in [0, 0.1) is 6.92 Å². The number of aryl methyl sites for hydroxylation is 1. The smallest absolute Gasteiger partial charge is 0.328 e. The number of carbonyl (C=O) groups is 2. The Balaban J connectivity index is 2.86. The van der Waals surface area contributed by atoms with Crippen molar-refractivity contribution < 1.29 is 19.4 Å². The third kappa shape index (κ3) is 3.76. The molecule has 7 heteroatoms. The van der Waals surface area contributed by atoms with Gasteiger partial charge in [0.15, 0.2) is 5.16 Å². The second kappa shape index (κ2) is 6.44. The lowest BCUT2D eigenvalue weighted by Crippen LogP contribution is -2.19. The van der Waals surface area contributed by atoms with E-state index in [1.165, 1.54) is 0 Å². The number of imidazole rings is 1. The Hall–Kier alpha value is -1.50. The summed E-state index contributed by atoms with van der Waals surface area (Å²) >= 11 is 1.08. The van der Waals surface area contributed by atoms with Crippen LogP contribution in [0.5, 0.6) is 0 Å². The van der Waals surface area contributed by atoms with Crippen LogP contribution < -0.4 is 0 Å². The average molecular weight is 272 g/mol. The van der Waals surface area contributed by atoms with Crippen molar-refractivity contribution in [3.05, 3.63) is 11.9 Å². The number of carbonyl (C=O) groups excluding carboxylic acids is 1. The van der Waals surface area contributed by atoms with Gasteiger partial charge >= 0.3 is 11.9 Å². The Labute approximate surface area is 109 Å². The van der Waals surface area contributed by atoms with E-state index < -0.39 is 12.0 Å². The van der Waals surface area contributed by atoms with Crippen molar-refractivity contribution in [2.24, 2.45) is 0 Å². The molecule has 0 saturated heterocycles. The van der Waals surface area contributed by atoms with E-state index in [2.05, 4.69) is 4.98 Å². The van der Waals surface area contributed by atoms with Gasteiger partial charge in [-0.05, 0) is 20.8 Å². The molecule has 18 heavy (non-hydrogen) atoms. The summed E-state index contributed by atoms with van der Waals surface area (Å²) in [6.07, 6.45) is 1.71. The van der Waals surface area contributed by atoms with Crippen LogP contribution in [0.3, 0.4) is 0 Å². The molecule has 0 bridgehead atoms. The lowest BCUT2D eigenvalue weighted by Gasteiger charge is -2.14. The van der Waals surface area contributed by atoms with Crippen LogP contribution in [0.25, 0.3) is 0 Å². The van der Waals surface area contributed by atoms with Gasteiger partial charge in [-0.15, -0.1) is 0 Å². The largest absolute Gasteiger partial charge is 0.481 e. The molecule has 6 nitrogen and oxygen atoms in total. The van der Waals surface area contributed by atoms with Crippen LogP contribution in [0.15, 0.2) is 11.4 Å². The number of aliphatic carboxylic acids is 1. The van der Waals surface area contributed by atoms with Crippen molar-refractivity contribution >= 4 is 23.7 Å². The van der Waals surface area contributed by atoms with E-state index >= 15 is 0 Å². The lowest BCUT2D eigenvalue weighted by atomic mass is 10.3. The zero-order chi connectivity index (χ0) is 13.7. The van der Waals surface area contributed by atoms with Crippen molar-refractivity contribution in [1.29, 1.82) is 0 Å². The predicted octanol–water partition coefficient (Wildman–Crippen LogP) is 1.49. The Kier molecular flexibility index (Phi) is 5.21. The number of aromatic nitrogens is 2. The molecule has 1 rings (SSSR count). The molecule has 0 amide bonds. The molecule has 1 unspecified atom stereocenters. The molecule has 0 aliphatic rings. The van der Waals surface area contributed by atoms with Gasteiger partial charge in [-0.2, -0.15) is 0 Å². The van der Waals surface area contributed by atoms with Crippen molar-refractivity contribution in [2.75, 3.05) is 12.4 Å². The summed E-state index contributed by atoms with van der Waals surface area (Å²) in [6, 6.07) is -0.512. The van der Waals surface area contributed by atoms with E-state index in [1.807, 2.05) is 0 Å². The minimum absolute atomic E-state index is 0.0913. The Morgan fingerprint density at radius 2 is 2.28 bits per heavy atom. The molecular weight excluding hydrogens is 256 g/mol. The predicted molar refractivity (Wildman–Crippen MR) is 66.7 cm³/mol. The van der Waals surface area contributed by atoms with Gasteiger partial charge in [-0.3, -0.25) is 4.79 Å². The van der Waals surface area contributed by atoms with Crippen LogP contribution in [0.1, 0.15) is 25.6 Å². The highest BCUT2D eigenvalue weighted by Gasteiger charge is 2.20. The third-order valence-corrected chi connectivity index (χ3v) is 3.14. The quantitative estimate of drug-likeness (QED) is 0.624. The molecule has 0 aliphatic carbocycles. The third-order valence-electron chi connectivity index (χ3n) is 2.19. The molecule has 0 fully saturated rings. The number of carboxylic acids is 1. The molecule has 1 N–H and O–H groups in total. The summed E-state index contributed by atoms with van der Waals surface area (Å²) in [5, 5.41) is 9.16. The van der Waals surface area contributed by atoms with E-state index in [-0.39, 0.29) is 11.7 Å². The first-order valence-corrected chi connectivity index (χ1v) is 6.51. The summed E-state index contributed by atoms with van der Waals surface area (Å²) < 4.78 is 6.57. The molecule has 0 radical (unpaired) electrons. The normalized spacial score (nSPS) is 12.2. The molecular formula is C11H16N2O4S. The molecule has 1 aromatic heterocycles. The Morgan fingerprint density at radius 3 is 2.83 bits per heavy atom. The van der Waals surface area contributed by atoms with Crippen LogP contribution >= 0.6 is 11.8 Å². The first kappa shape index (κ1) is 14.6. The molecule has 0 aliphatic heterocycles. The summed E-state index contributed by atoms with van der Waals surface area (Å²) in [5.74, 6) is -1.37. The number of rotatable bonds is 6. The van der Waals surface area contributed by atoms with Crippen molar-refractivity contribution in [3.8, 4) is 0 Å². The van der Waals surface area contributed by atoms with Crippen LogP contribution in [0.4, 0.5) is 0 Å². The second-order valence-electron chi connectivity index (χ2n) is 3.68. The van der Waals surface area contributed by atoms with E-state index in [0.29, 0.717) is 11.8 Å². The fourth-order valence-electron chi connectivity index (χ4n) is 1.38. The number of thioether (sulfide) groups is 1. The number of hydrogen-bond donors (Lipinski definition) is 1. The van der Waals surface area contributed by atoms with Gasteiger partial charge in [0.1, 0.15) is 6.04 Å². The molecule has 1 aromatic rings. The van der Waals surface area contributed by atoms with Crippen molar-refractivity contribution in [2.45, 2.75) is 32.0 Å². The van der Waals surface area contributed by atoms with Crippen LogP contribution in [0.2, 0.25) is 0 Å². The fourth-order valence-corrected chi connectivity index (χ4v) is 2.20. The Bertz CT molecular complexity index is 444. The Morgan fingerprint density at radius 1 is 1.61 bits per heavy atom. The van der Waals surface area contributed by atoms with Gasteiger partial charge in [0.05, 0.1) is 18.1 Å². The SMILES string of the molecule is CCOC(=O)C(C)n1cc(C)nc1SCC(=O)O. The number of hydrogen-bond acceptors (Lipinski definition) is 5. The zero-order valence-corrected chi connectivity index (χ0v) is 11.4. The number of esters is 1. The first-order chi connectivity index (χ1) is 8.45. The summed E-state index contributed by atoms with van der Waals surface area (Å²) in [7, 11) is 0. The minimum atomic E-state index is -0.920. The summed E-state index contributed by atoms with van der Waals surface area (Å²) in [6.45, 7) is 5.54. The molecule has 100 valence electrons. The van der Waals surface area contributed by atoms with Crippen molar-refractivity contribution in [1.82, 2.24) is 9.55 Å². The van der Waals surface area contributed by atoms with E-state index in [1.54, 1.807) is 31.5 Å². The fraction of sp³-hybridized carbons (Fsp3) is 0.545. The summed E-state index contributed by atoms with van der Waals surface area (Å²) in [5.41, 5.74) is 0.735. The monoisotopic (exact) mass is 272 g/mol. The van der Waals surface area contributed by atoms with E-state index in [0.717, 1.165) is 17.5 Å². The van der Waals surface area contributed by atoms with Crippen LogP contribution in [-0.2, 0) is 14.3 Å². The zero-order valence-electron chi connectivity index (χ0n) is 10.5. The average Bonchev–Trinajstić information content (AvgIpc) is 2.67. The standard InChI is InChI=1S/C11H16N2O4S/c1-4-17-10(16)8(3)13-5-7(2)12-11(13)18-6-9(14)15/h5,8H,4,6H2,1-3H3,(H,14,15). The van der Waals surface area contributed by atoms with Crippen LogP contribution in [-0.4, -0.2) is 39.0 Å². The van der Waals surface area contributed by atoms with Gasteiger partial charge in [0.2, 0.25) is 0 Å². The van der Waals surface area contributed by atoms with Gasteiger partial charge in [0, 0.05) is 6.20 Å². The number of ether oxygens (including phenoxy) is 1. The van der Waals surface area contributed by atoms with Crippen molar-refractivity contribution in [3.63, 3.8) is 0 Å². The molecule has 0 spiro atoms. The highest BCUT2D eigenvalue weighted by Crippen LogP contribution is 2.22. The lowest BCUT2D eigenvalue weighted by molar-refractivity contribution is -0.146. The number of nitrogens with zero attached hydrogens (tertiary/aromatic N) is 2. The maximum absolute atomic E-state index is 11.6.